The molecule has 1 aromatic carbocycles. The Bertz CT molecular complexity index is 355. The van der Waals surface area contributed by atoms with Crippen LogP contribution in [0.1, 0.15) is 11.6 Å². The van der Waals surface area contributed by atoms with Gasteiger partial charge in [-0.1, -0.05) is 12.1 Å². The number of rotatable bonds is 2. The summed E-state index contributed by atoms with van der Waals surface area (Å²) in [6, 6.07) is 5.50. The Balaban J connectivity index is 2.23. The third-order valence-electron chi connectivity index (χ3n) is 2.52. The second-order valence-corrected chi connectivity index (χ2v) is 3.48. The molecular formula is C10H11FN2O2. The molecule has 0 aliphatic carbocycles. The summed E-state index contributed by atoms with van der Waals surface area (Å²) in [6.45, 7) is 0. The monoisotopic (exact) mass is 210 g/mol. The second-order valence-electron chi connectivity index (χ2n) is 3.48. The molecule has 0 radical (unpaired) electrons. The number of hydrogen-bond donors (Lipinski definition) is 3. The number of aliphatic hydroxyl groups excluding tert-OH is 1. The molecule has 0 spiro atoms. The van der Waals surface area contributed by atoms with Crippen LogP contribution in [0.25, 0.3) is 0 Å². The molecule has 1 aliphatic rings. The summed E-state index contributed by atoms with van der Waals surface area (Å²) in [7, 11) is 0. The number of benzene rings is 1. The number of aldehydes is 1. The fraction of sp³-hybridized carbons (Fsp3) is 0.300. The zero-order chi connectivity index (χ0) is 10.8. The first kappa shape index (κ1) is 10.2. The molecule has 1 aromatic rings. The van der Waals surface area contributed by atoms with Crippen molar-refractivity contribution in [2.45, 2.75) is 12.3 Å². The van der Waals surface area contributed by atoms with E-state index in [-0.39, 0.29) is 11.9 Å². The Labute approximate surface area is 86.1 Å². The van der Waals surface area contributed by atoms with Crippen molar-refractivity contribution in [3.63, 3.8) is 0 Å². The first-order valence-electron chi connectivity index (χ1n) is 4.62. The molecule has 0 saturated carbocycles. The zero-order valence-electron chi connectivity index (χ0n) is 7.85. The third-order valence-corrected chi connectivity index (χ3v) is 2.52. The fourth-order valence-electron chi connectivity index (χ4n) is 1.68. The molecule has 15 heavy (non-hydrogen) atoms. The van der Waals surface area contributed by atoms with Crippen molar-refractivity contribution in [1.29, 1.82) is 0 Å². The SMILES string of the molecule is O=CC1C(O)NNC1c1ccc(F)cc1. The van der Waals surface area contributed by atoms with Gasteiger partial charge in [-0.15, -0.1) is 0 Å². The van der Waals surface area contributed by atoms with Crippen molar-refractivity contribution in [1.82, 2.24) is 10.9 Å². The minimum atomic E-state index is -0.905. The van der Waals surface area contributed by atoms with Crippen molar-refractivity contribution in [2.24, 2.45) is 5.92 Å². The van der Waals surface area contributed by atoms with Crippen LogP contribution in [0.5, 0.6) is 0 Å². The average molecular weight is 210 g/mol. The van der Waals surface area contributed by atoms with E-state index in [0.29, 0.717) is 6.29 Å². The standard InChI is InChI=1S/C10H11FN2O2/c11-7-3-1-6(2-4-7)9-8(5-14)10(15)13-12-9/h1-5,8-10,12-13,15H. The van der Waals surface area contributed by atoms with Gasteiger partial charge in [0, 0.05) is 0 Å². The van der Waals surface area contributed by atoms with Crippen molar-refractivity contribution >= 4 is 6.29 Å². The van der Waals surface area contributed by atoms with Crippen LogP contribution in [0.4, 0.5) is 4.39 Å². The van der Waals surface area contributed by atoms with Crippen LogP contribution >= 0.6 is 0 Å². The van der Waals surface area contributed by atoms with Gasteiger partial charge in [-0.3, -0.25) is 0 Å². The molecule has 4 nitrogen and oxygen atoms in total. The van der Waals surface area contributed by atoms with E-state index in [1.807, 2.05) is 0 Å². The molecule has 3 unspecified atom stereocenters. The minimum Gasteiger partial charge on any atom is -0.377 e. The highest BCUT2D eigenvalue weighted by molar-refractivity contribution is 5.57. The topological polar surface area (TPSA) is 61.4 Å². The van der Waals surface area contributed by atoms with E-state index < -0.39 is 12.1 Å². The molecule has 3 N–H and O–H groups in total. The van der Waals surface area contributed by atoms with E-state index in [1.165, 1.54) is 12.1 Å². The van der Waals surface area contributed by atoms with Crippen LogP contribution in [0.2, 0.25) is 0 Å². The van der Waals surface area contributed by atoms with Crippen LogP contribution in [-0.2, 0) is 4.79 Å². The van der Waals surface area contributed by atoms with E-state index in [0.717, 1.165) is 5.56 Å². The van der Waals surface area contributed by atoms with Crippen LogP contribution in [0.3, 0.4) is 0 Å². The van der Waals surface area contributed by atoms with Gasteiger partial charge in [0.05, 0.1) is 12.0 Å². The summed E-state index contributed by atoms with van der Waals surface area (Å²) >= 11 is 0. The Hall–Kier alpha value is -1.30. The second kappa shape index (κ2) is 4.06. The van der Waals surface area contributed by atoms with Gasteiger partial charge in [-0.05, 0) is 17.7 Å². The lowest BCUT2D eigenvalue weighted by Crippen LogP contribution is -2.31. The predicted molar refractivity (Wildman–Crippen MR) is 51.0 cm³/mol. The van der Waals surface area contributed by atoms with Crippen LogP contribution in [-0.4, -0.2) is 17.6 Å². The molecule has 2 rings (SSSR count). The molecule has 0 aromatic heterocycles. The first-order valence-corrected chi connectivity index (χ1v) is 4.62. The molecule has 80 valence electrons. The minimum absolute atomic E-state index is 0.321. The van der Waals surface area contributed by atoms with Crippen LogP contribution < -0.4 is 10.9 Å². The summed E-state index contributed by atoms with van der Waals surface area (Å²) in [6.07, 6.45) is -0.219. The number of carbonyl (C=O) groups excluding carboxylic acids is 1. The van der Waals surface area contributed by atoms with Crippen molar-refractivity contribution in [3.05, 3.63) is 35.6 Å². The largest absolute Gasteiger partial charge is 0.377 e. The maximum atomic E-state index is 12.7. The molecule has 1 fully saturated rings. The number of nitrogens with one attached hydrogen (secondary N) is 2. The van der Waals surface area contributed by atoms with E-state index in [9.17, 15) is 14.3 Å². The molecule has 5 heteroatoms. The predicted octanol–water partition coefficient (Wildman–Crippen LogP) is 0.108. The summed E-state index contributed by atoms with van der Waals surface area (Å²) < 4.78 is 12.7. The fourth-order valence-corrected chi connectivity index (χ4v) is 1.68. The van der Waals surface area contributed by atoms with Crippen molar-refractivity contribution in [3.8, 4) is 0 Å². The van der Waals surface area contributed by atoms with Gasteiger partial charge >= 0.3 is 0 Å². The Morgan fingerprint density at radius 2 is 1.93 bits per heavy atom. The Kier molecular flexibility index (Phi) is 2.77. The highest BCUT2D eigenvalue weighted by Gasteiger charge is 2.35. The number of hydrazine groups is 1. The van der Waals surface area contributed by atoms with Crippen LogP contribution in [0, 0.1) is 11.7 Å². The summed E-state index contributed by atoms with van der Waals surface area (Å²) in [5.74, 6) is -0.886. The molecule has 1 heterocycles. The van der Waals surface area contributed by atoms with E-state index >= 15 is 0 Å². The summed E-state index contributed by atoms with van der Waals surface area (Å²) in [5, 5.41) is 9.40. The number of hydrogen-bond acceptors (Lipinski definition) is 4. The molecule has 3 atom stereocenters. The van der Waals surface area contributed by atoms with Gasteiger partial charge in [0.25, 0.3) is 0 Å². The third kappa shape index (κ3) is 1.90. The average Bonchev–Trinajstić information content (AvgIpc) is 2.61. The lowest BCUT2D eigenvalue weighted by atomic mass is 9.95. The molecule has 0 amide bonds. The Morgan fingerprint density at radius 3 is 2.53 bits per heavy atom. The maximum Gasteiger partial charge on any atom is 0.129 e. The number of aliphatic hydroxyl groups is 1. The van der Waals surface area contributed by atoms with E-state index in [2.05, 4.69) is 10.9 Å². The van der Waals surface area contributed by atoms with Gasteiger partial charge in [0.2, 0.25) is 0 Å². The first-order chi connectivity index (χ1) is 7.22. The zero-order valence-corrected chi connectivity index (χ0v) is 7.85. The van der Waals surface area contributed by atoms with Gasteiger partial charge in [0.15, 0.2) is 0 Å². The molecule has 0 bridgehead atoms. The lowest BCUT2D eigenvalue weighted by molar-refractivity contribution is -0.114. The van der Waals surface area contributed by atoms with Gasteiger partial charge < -0.3 is 9.90 Å². The highest BCUT2D eigenvalue weighted by atomic mass is 19.1. The van der Waals surface area contributed by atoms with Crippen LogP contribution in [0.15, 0.2) is 24.3 Å². The van der Waals surface area contributed by atoms with Crippen molar-refractivity contribution < 1.29 is 14.3 Å². The van der Waals surface area contributed by atoms with Gasteiger partial charge in [-0.25, -0.2) is 15.2 Å². The van der Waals surface area contributed by atoms with E-state index in [4.69, 9.17) is 0 Å². The number of halogens is 1. The normalized spacial score (nSPS) is 30.4. The summed E-state index contributed by atoms with van der Waals surface area (Å²) in [5.41, 5.74) is 6.12. The van der Waals surface area contributed by atoms with Gasteiger partial charge in [0.1, 0.15) is 18.3 Å². The molecule has 1 saturated heterocycles. The van der Waals surface area contributed by atoms with Gasteiger partial charge in [-0.2, -0.15) is 0 Å². The number of carbonyl (C=O) groups is 1. The molecular weight excluding hydrogens is 199 g/mol. The van der Waals surface area contributed by atoms with Crippen molar-refractivity contribution in [2.75, 3.05) is 0 Å². The smallest absolute Gasteiger partial charge is 0.129 e. The quantitative estimate of drug-likeness (QED) is 0.606. The maximum absolute atomic E-state index is 12.7. The Morgan fingerprint density at radius 1 is 1.27 bits per heavy atom. The van der Waals surface area contributed by atoms with E-state index in [1.54, 1.807) is 12.1 Å². The highest BCUT2D eigenvalue weighted by Crippen LogP contribution is 2.26. The molecule has 1 aliphatic heterocycles. The lowest BCUT2D eigenvalue weighted by Gasteiger charge is -2.14. The summed E-state index contributed by atoms with van der Waals surface area (Å²) in [4.78, 5) is 10.8.